The number of nitrogens with zero attached hydrogens (tertiary/aromatic N) is 4. The average molecular weight is 536 g/mol. The van der Waals surface area contributed by atoms with Crippen molar-refractivity contribution in [3.05, 3.63) is 76.6 Å². The highest BCUT2D eigenvalue weighted by Gasteiger charge is 2.27. The molecule has 1 amide bonds. The number of carbonyl (C=O) groups excluding carboxylic acids is 1. The number of aromatic nitrogens is 1. The van der Waals surface area contributed by atoms with Crippen molar-refractivity contribution in [2.45, 2.75) is 32.9 Å². The Morgan fingerprint density at radius 1 is 0.974 bits per heavy atom. The van der Waals surface area contributed by atoms with Crippen molar-refractivity contribution in [2.24, 2.45) is 5.92 Å². The Bertz CT molecular complexity index is 1180. The molecule has 7 nitrogen and oxygen atoms in total. The maximum atomic E-state index is 13.0. The van der Waals surface area contributed by atoms with E-state index < -0.39 is 0 Å². The van der Waals surface area contributed by atoms with E-state index in [1.54, 1.807) is 0 Å². The number of piperazine rings is 1. The normalized spacial score (nSPS) is 19.5. The molecule has 0 radical (unpaired) electrons. The first-order valence-electron chi connectivity index (χ1n) is 13.7. The quantitative estimate of drug-likeness (QED) is 0.437. The second-order valence-corrected chi connectivity index (χ2v) is 10.9. The SMILES string of the molecule is Cc1oc(-c2ccc(Cl)cc2)nc1CN1CCC[C@H](C(=O)NCCN2CCN(Cc3ccccc3)CC2)C1. The number of aryl methyl sites for hydroxylation is 1. The molecule has 0 spiro atoms. The zero-order chi connectivity index (χ0) is 26.3. The molecule has 1 aromatic heterocycles. The lowest BCUT2D eigenvalue weighted by molar-refractivity contribution is -0.126. The van der Waals surface area contributed by atoms with Crippen LogP contribution >= 0.6 is 11.6 Å². The Morgan fingerprint density at radius 2 is 1.71 bits per heavy atom. The number of benzene rings is 2. The van der Waals surface area contributed by atoms with E-state index in [2.05, 4.69) is 50.3 Å². The van der Waals surface area contributed by atoms with E-state index in [4.69, 9.17) is 21.0 Å². The molecule has 5 rings (SSSR count). The van der Waals surface area contributed by atoms with Crippen LogP contribution in [0, 0.1) is 12.8 Å². The van der Waals surface area contributed by atoms with E-state index in [1.165, 1.54) is 5.56 Å². The molecule has 0 unspecified atom stereocenters. The van der Waals surface area contributed by atoms with Crippen LogP contribution in [0.15, 0.2) is 59.0 Å². The van der Waals surface area contributed by atoms with Crippen LogP contribution < -0.4 is 5.32 Å². The highest BCUT2D eigenvalue weighted by atomic mass is 35.5. The first-order valence-corrected chi connectivity index (χ1v) is 14.1. The van der Waals surface area contributed by atoms with Gasteiger partial charge >= 0.3 is 0 Å². The fourth-order valence-corrected chi connectivity index (χ4v) is 5.54. The van der Waals surface area contributed by atoms with E-state index >= 15 is 0 Å². The summed E-state index contributed by atoms with van der Waals surface area (Å²) in [6, 6.07) is 18.2. The van der Waals surface area contributed by atoms with Crippen LogP contribution in [0.1, 0.15) is 29.9 Å². The standard InChI is InChI=1S/C30H38ClN5O2/c1-23-28(33-30(38-23)25-9-11-27(31)12-10-25)22-36-14-5-8-26(21-36)29(37)32-13-15-34-16-18-35(19-17-34)20-24-6-3-2-4-7-24/h2-4,6-7,9-12,26H,5,8,13-22H2,1H3,(H,32,37)/t26-/m0/s1. The van der Waals surface area contributed by atoms with Gasteiger partial charge in [-0.15, -0.1) is 0 Å². The molecule has 2 fully saturated rings. The lowest BCUT2D eigenvalue weighted by atomic mass is 9.97. The molecule has 8 heteroatoms. The third-order valence-electron chi connectivity index (χ3n) is 7.67. The van der Waals surface area contributed by atoms with Crippen molar-refractivity contribution in [1.29, 1.82) is 0 Å². The summed E-state index contributed by atoms with van der Waals surface area (Å²) in [4.78, 5) is 25.0. The molecule has 2 saturated heterocycles. The number of rotatable bonds is 9. The first-order chi connectivity index (χ1) is 18.5. The van der Waals surface area contributed by atoms with E-state index in [0.717, 1.165) is 82.2 Å². The number of likely N-dealkylation sites (tertiary alicyclic amines) is 1. The summed E-state index contributed by atoms with van der Waals surface area (Å²) in [7, 11) is 0. The third kappa shape index (κ3) is 7.23. The number of piperidine rings is 1. The molecule has 1 atom stereocenters. The molecular weight excluding hydrogens is 498 g/mol. The van der Waals surface area contributed by atoms with Crippen molar-refractivity contribution >= 4 is 17.5 Å². The van der Waals surface area contributed by atoms with Crippen LogP contribution in [0.2, 0.25) is 5.02 Å². The van der Waals surface area contributed by atoms with Gasteiger partial charge in [0.05, 0.1) is 11.6 Å². The van der Waals surface area contributed by atoms with Crippen molar-refractivity contribution < 1.29 is 9.21 Å². The van der Waals surface area contributed by atoms with Gasteiger partial charge in [0, 0.05) is 69.5 Å². The average Bonchev–Trinajstić information content (AvgIpc) is 3.30. The van der Waals surface area contributed by atoms with Crippen molar-refractivity contribution in [2.75, 3.05) is 52.4 Å². The number of hydrogen-bond acceptors (Lipinski definition) is 6. The molecule has 202 valence electrons. The van der Waals surface area contributed by atoms with Gasteiger partial charge in [0.15, 0.2) is 0 Å². The Balaban J connectivity index is 1.04. The monoisotopic (exact) mass is 535 g/mol. The first kappa shape index (κ1) is 26.9. The molecular formula is C30H38ClN5O2. The van der Waals surface area contributed by atoms with Crippen LogP contribution in [0.5, 0.6) is 0 Å². The summed E-state index contributed by atoms with van der Waals surface area (Å²) in [5.41, 5.74) is 3.22. The van der Waals surface area contributed by atoms with Crippen LogP contribution in [-0.4, -0.2) is 77.9 Å². The van der Waals surface area contributed by atoms with Gasteiger partial charge in [-0.05, 0) is 56.1 Å². The number of nitrogens with one attached hydrogen (secondary N) is 1. The highest BCUT2D eigenvalue weighted by Crippen LogP contribution is 2.25. The fraction of sp³-hybridized carbons (Fsp3) is 0.467. The highest BCUT2D eigenvalue weighted by molar-refractivity contribution is 6.30. The van der Waals surface area contributed by atoms with Gasteiger partial charge in [-0.3, -0.25) is 19.5 Å². The predicted octanol–water partition coefficient (Wildman–Crippen LogP) is 4.45. The van der Waals surface area contributed by atoms with Gasteiger partial charge in [0.1, 0.15) is 5.76 Å². The van der Waals surface area contributed by atoms with Crippen LogP contribution in [-0.2, 0) is 17.9 Å². The Labute approximate surface area is 230 Å². The van der Waals surface area contributed by atoms with Gasteiger partial charge in [0.2, 0.25) is 11.8 Å². The van der Waals surface area contributed by atoms with Crippen LogP contribution in [0.4, 0.5) is 0 Å². The number of amides is 1. The van der Waals surface area contributed by atoms with E-state index in [-0.39, 0.29) is 11.8 Å². The third-order valence-corrected chi connectivity index (χ3v) is 7.93. The fourth-order valence-electron chi connectivity index (χ4n) is 5.41. The molecule has 3 heterocycles. The molecule has 0 bridgehead atoms. The van der Waals surface area contributed by atoms with Gasteiger partial charge < -0.3 is 9.73 Å². The zero-order valence-corrected chi connectivity index (χ0v) is 23.0. The number of hydrogen-bond donors (Lipinski definition) is 1. The summed E-state index contributed by atoms with van der Waals surface area (Å²) >= 11 is 6.01. The second kappa shape index (κ2) is 12.9. The second-order valence-electron chi connectivity index (χ2n) is 10.5. The zero-order valence-electron chi connectivity index (χ0n) is 22.2. The summed E-state index contributed by atoms with van der Waals surface area (Å²) in [5, 5.41) is 3.90. The van der Waals surface area contributed by atoms with Crippen LogP contribution in [0.25, 0.3) is 11.5 Å². The molecule has 3 aromatic rings. The lowest BCUT2D eigenvalue weighted by Gasteiger charge is -2.35. The van der Waals surface area contributed by atoms with Crippen LogP contribution in [0.3, 0.4) is 0 Å². The molecule has 2 aliphatic rings. The topological polar surface area (TPSA) is 64.9 Å². The van der Waals surface area contributed by atoms with Gasteiger partial charge in [-0.25, -0.2) is 4.98 Å². The van der Waals surface area contributed by atoms with Gasteiger partial charge in [-0.1, -0.05) is 41.9 Å². The molecule has 2 aromatic carbocycles. The van der Waals surface area contributed by atoms with E-state index in [0.29, 0.717) is 24.0 Å². The maximum absolute atomic E-state index is 13.0. The van der Waals surface area contributed by atoms with Crippen molar-refractivity contribution in [3.63, 3.8) is 0 Å². The smallest absolute Gasteiger partial charge is 0.226 e. The Kier molecular flexibility index (Phi) is 9.12. The molecule has 1 N–H and O–H groups in total. The summed E-state index contributed by atoms with van der Waals surface area (Å²) in [6.45, 7) is 11.3. The molecule has 0 saturated carbocycles. The van der Waals surface area contributed by atoms with Gasteiger partial charge in [-0.2, -0.15) is 0 Å². The summed E-state index contributed by atoms with van der Waals surface area (Å²) in [6.07, 6.45) is 1.96. The maximum Gasteiger partial charge on any atom is 0.226 e. The minimum absolute atomic E-state index is 0.0226. The lowest BCUT2D eigenvalue weighted by Crippen LogP contribution is -2.49. The molecule has 38 heavy (non-hydrogen) atoms. The molecule has 0 aliphatic carbocycles. The van der Waals surface area contributed by atoms with E-state index in [1.807, 2.05) is 31.2 Å². The van der Waals surface area contributed by atoms with E-state index in [9.17, 15) is 4.79 Å². The minimum atomic E-state index is 0.0226. The summed E-state index contributed by atoms with van der Waals surface area (Å²) in [5.74, 6) is 1.64. The van der Waals surface area contributed by atoms with Crippen molar-refractivity contribution in [3.8, 4) is 11.5 Å². The number of halogens is 1. The van der Waals surface area contributed by atoms with Crippen molar-refractivity contribution in [1.82, 2.24) is 25.0 Å². The number of oxazole rings is 1. The Hall–Kier alpha value is -2.71. The summed E-state index contributed by atoms with van der Waals surface area (Å²) < 4.78 is 5.94. The molecule has 2 aliphatic heterocycles. The Morgan fingerprint density at radius 3 is 2.47 bits per heavy atom. The minimum Gasteiger partial charge on any atom is -0.441 e. The predicted molar refractivity (Wildman–Crippen MR) is 151 cm³/mol. The number of carbonyl (C=O) groups is 1. The largest absolute Gasteiger partial charge is 0.441 e. The van der Waals surface area contributed by atoms with Gasteiger partial charge in [0.25, 0.3) is 0 Å².